The molecule has 0 fully saturated rings. The standard InChI is InChI=1S/C11H20O4S/c1-2-3-4-5-6-7-8-9-11(12)10-16(13,14)15/h8-9H,2-7,10H2,1H3,(H,13,14,15). The van der Waals surface area contributed by atoms with Crippen molar-refractivity contribution in [3.63, 3.8) is 0 Å². The summed E-state index contributed by atoms with van der Waals surface area (Å²) < 4.78 is 29.1. The van der Waals surface area contributed by atoms with Crippen LogP contribution in [0.1, 0.15) is 45.4 Å². The number of hydrogen-bond acceptors (Lipinski definition) is 3. The number of rotatable bonds is 9. The molecule has 0 aromatic heterocycles. The van der Waals surface area contributed by atoms with Gasteiger partial charge in [-0.2, -0.15) is 8.42 Å². The van der Waals surface area contributed by atoms with Crippen molar-refractivity contribution >= 4 is 15.9 Å². The van der Waals surface area contributed by atoms with Crippen LogP contribution in [0.15, 0.2) is 12.2 Å². The lowest BCUT2D eigenvalue weighted by atomic mass is 10.1. The van der Waals surface area contributed by atoms with E-state index < -0.39 is 21.7 Å². The van der Waals surface area contributed by atoms with Crippen LogP contribution in [0, 0.1) is 0 Å². The van der Waals surface area contributed by atoms with Crippen LogP contribution in [0.25, 0.3) is 0 Å². The molecule has 0 bridgehead atoms. The minimum atomic E-state index is -4.18. The molecule has 0 atom stereocenters. The molecule has 0 aliphatic rings. The molecule has 16 heavy (non-hydrogen) atoms. The fourth-order valence-electron chi connectivity index (χ4n) is 1.31. The highest BCUT2D eigenvalue weighted by Gasteiger charge is 2.09. The van der Waals surface area contributed by atoms with E-state index in [1.807, 2.05) is 0 Å². The van der Waals surface area contributed by atoms with E-state index in [4.69, 9.17) is 4.55 Å². The largest absolute Gasteiger partial charge is 0.294 e. The molecule has 0 aromatic rings. The molecule has 5 heteroatoms. The van der Waals surface area contributed by atoms with Crippen molar-refractivity contribution in [2.24, 2.45) is 0 Å². The van der Waals surface area contributed by atoms with Crippen LogP contribution < -0.4 is 0 Å². The molecular formula is C11H20O4S. The summed E-state index contributed by atoms with van der Waals surface area (Å²) in [7, 11) is -4.18. The number of allylic oxidation sites excluding steroid dienone is 2. The summed E-state index contributed by atoms with van der Waals surface area (Å²) in [6, 6.07) is 0. The van der Waals surface area contributed by atoms with Gasteiger partial charge in [0.05, 0.1) is 0 Å². The molecule has 1 N–H and O–H groups in total. The quantitative estimate of drug-likeness (QED) is 0.386. The first-order chi connectivity index (χ1) is 7.45. The van der Waals surface area contributed by atoms with Crippen LogP contribution >= 0.6 is 0 Å². The van der Waals surface area contributed by atoms with Crippen molar-refractivity contribution < 1.29 is 17.8 Å². The van der Waals surface area contributed by atoms with Crippen molar-refractivity contribution in [2.45, 2.75) is 45.4 Å². The predicted octanol–water partition coefficient (Wildman–Crippen LogP) is 2.36. The van der Waals surface area contributed by atoms with Gasteiger partial charge in [-0.3, -0.25) is 9.35 Å². The third-order valence-corrected chi connectivity index (χ3v) is 2.75. The molecule has 0 aliphatic heterocycles. The van der Waals surface area contributed by atoms with Gasteiger partial charge in [0.25, 0.3) is 10.1 Å². The zero-order valence-corrected chi connectivity index (χ0v) is 10.5. The highest BCUT2D eigenvalue weighted by Crippen LogP contribution is 2.05. The predicted molar refractivity (Wildman–Crippen MR) is 63.9 cm³/mol. The van der Waals surface area contributed by atoms with Gasteiger partial charge >= 0.3 is 0 Å². The third kappa shape index (κ3) is 11.4. The zero-order chi connectivity index (χ0) is 12.4. The van der Waals surface area contributed by atoms with Crippen LogP contribution in [0.5, 0.6) is 0 Å². The molecule has 4 nitrogen and oxygen atoms in total. The van der Waals surface area contributed by atoms with E-state index in [9.17, 15) is 13.2 Å². The average Bonchev–Trinajstić information content (AvgIpc) is 2.13. The maximum absolute atomic E-state index is 11.0. The molecule has 0 aliphatic carbocycles. The number of carbonyl (C=O) groups excluding carboxylic acids is 1. The van der Waals surface area contributed by atoms with Gasteiger partial charge in [0.15, 0.2) is 5.78 Å². The summed E-state index contributed by atoms with van der Waals surface area (Å²) in [6.45, 7) is 2.15. The highest BCUT2D eigenvalue weighted by atomic mass is 32.2. The fourth-order valence-corrected chi connectivity index (χ4v) is 1.76. The molecular weight excluding hydrogens is 228 g/mol. The van der Waals surface area contributed by atoms with Crippen LogP contribution in [0.3, 0.4) is 0 Å². The lowest BCUT2D eigenvalue weighted by Crippen LogP contribution is -2.12. The zero-order valence-electron chi connectivity index (χ0n) is 9.68. The number of hydrogen-bond donors (Lipinski definition) is 1. The third-order valence-electron chi connectivity index (χ3n) is 2.10. The maximum atomic E-state index is 11.0. The Labute approximate surface area is 97.5 Å². The number of ketones is 1. The van der Waals surface area contributed by atoms with E-state index in [0.717, 1.165) is 19.3 Å². The molecule has 0 unspecified atom stereocenters. The SMILES string of the molecule is CCCCCCCC=CC(=O)CS(=O)(=O)O. The van der Waals surface area contributed by atoms with E-state index in [1.165, 1.54) is 25.3 Å². The van der Waals surface area contributed by atoms with Crippen LogP contribution in [0.4, 0.5) is 0 Å². The lowest BCUT2D eigenvalue weighted by molar-refractivity contribution is -0.112. The molecule has 0 aromatic carbocycles. The Kier molecular flexibility index (Phi) is 8.11. The summed E-state index contributed by atoms with van der Waals surface area (Å²) in [4.78, 5) is 11.0. The Morgan fingerprint density at radius 2 is 1.81 bits per heavy atom. The van der Waals surface area contributed by atoms with Crippen LogP contribution in [-0.4, -0.2) is 24.5 Å². The Morgan fingerprint density at radius 1 is 1.19 bits per heavy atom. The smallest absolute Gasteiger partial charge is 0.272 e. The fraction of sp³-hybridized carbons (Fsp3) is 0.727. The first-order valence-electron chi connectivity index (χ1n) is 5.60. The van der Waals surface area contributed by atoms with E-state index in [-0.39, 0.29) is 0 Å². The van der Waals surface area contributed by atoms with Crippen molar-refractivity contribution in [3.8, 4) is 0 Å². The molecule has 0 heterocycles. The van der Waals surface area contributed by atoms with Gasteiger partial charge in [0.1, 0.15) is 5.75 Å². The molecule has 0 saturated carbocycles. The Bertz CT molecular complexity index is 317. The Morgan fingerprint density at radius 3 is 2.38 bits per heavy atom. The molecule has 0 spiro atoms. The summed E-state index contributed by atoms with van der Waals surface area (Å²) in [5.41, 5.74) is 0. The van der Waals surface area contributed by atoms with E-state index in [2.05, 4.69) is 6.92 Å². The second kappa shape index (κ2) is 8.47. The van der Waals surface area contributed by atoms with Crippen molar-refractivity contribution in [2.75, 3.05) is 5.75 Å². The van der Waals surface area contributed by atoms with Gasteiger partial charge in [0, 0.05) is 0 Å². The lowest BCUT2D eigenvalue weighted by Gasteiger charge is -1.96. The molecule has 0 radical (unpaired) electrons. The summed E-state index contributed by atoms with van der Waals surface area (Å²) in [6.07, 6.45) is 9.44. The number of carbonyl (C=O) groups is 1. The second-order valence-corrected chi connectivity index (χ2v) is 5.25. The van der Waals surface area contributed by atoms with Gasteiger partial charge < -0.3 is 0 Å². The second-order valence-electron chi connectivity index (χ2n) is 3.80. The molecule has 0 amide bonds. The van der Waals surface area contributed by atoms with Gasteiger partial charge in [0.2, 0.25) is 0 Å². The van der Waals surface area contributed by atoms with Gasteiger partial charge in [-0.25, -0.2) is 0 Å². The van der Waals surface area contributed by atoms with Gasteiger partial charge in [-0.15, -0.1) is 0 Å². The summed E-state index contributed by atoms with van der Waals surface area (Å²) >= 11 is 0. The Hall–Kier alpha value is -0.680. The average molecular weight is 248 g/mol. The van der Waals surface area contributed by atoms with Crippen molar-refractivity contribution in [1.82, 2.24) is 0 Å². The Balaban J connectivity index is 3.57. The van der Waals surface area contributed by atoms with E-state index >= 15 is 0 Å². The first-order valence-corrected chi connectivity index (χ1v) is 7.21. The van der Waals surface area contributed by atoms with Gasteiger partial charge in [-0.05, 0) is 18.9 Å². The van der Waals surface area contributed by atoms with Crippen molar-refractivity contribution in [1.29, 1.82) is 0 Å². The molecule has 0 saturated heterocycles. The summed E-state index contributed by atoms with van der Waals surface area (Å²) in [5.74, 6) is -1.39. The first kappa shape index (κ1) is 15.3. The highest BCUT2D eigenvalue weighted by molar-refractivity contribution is 7.86. The van der Waals surface area contributed by atoms with Crippen molar-refractivity contribution in [3.05, 3.63) is 12.2 Å². The molecule has 0 rings (SSSR count). The minimum Gasteiger partial charge on any atom is -0.294 e. The van der Waals surface area contributed by atoms with Crippen LogP contribution in [0.2, 0.25) is 0 Å². The minimum absolute atomic E-state index is 0.573. The molecule has 94 valence electrons. The topological polar surface area (TPSA) is 71.4 Å². The van der Waals surface area contributed by atoms with Crippen LogP contribution in [-0.2, 0) is 14.9 Å². The normalized spacial score (nSPS) is 12.1. The maximum Gasteiger partial charge on any atom is 0.272 e. The summed E-state index contributed by atoms with van der Waals surface area (Å²) in [5, 5.41) is 0. The number of unbranched alkanes of at least 4 members (excludes halogenated alkanes) is 5. The van der Waals surface area contributed by atoms with E-state index in [1.54, 1.807) is 6.08 Å². The van der Waals surface area contributed by atoms with E-state index in [0.29, 0.717) is 0 Å². The van der Waals surface area contributed by atoms with Gasteiger partial charge in [-0.1, -0.05) is 38.7 Å². The monoisotopic (exact) mass is 248 g/mol.